The summed E-state index contributed by atoms with van der Waals surface area (Å²) in [6.45, 7) is 9.26. The molecule has 2 heterocycles. The van der Waals surface area contributed by atoms with Crippen molar-refractivity contribution >= 4 is 44.6 Å². The van der Waals surface area contributed by atoms with E-state index in [1.54, 1.807) is 17.0 Å². The minimum Gasteiger partial charge on any atom is -0.495 e. The summed E-state index contributed by atoms with van der Waals surface area (Å²) in [4.78, 5) is 21.8. The topological polar surface area (TPSA) is 123 Å². The summed E-state index contributed by atoms with van der Waals surface area (Å²) in [6.07, 6.45) is -2.06. The monoisotopic (exact) mass is 647 g/mol. The number of nitrogens with zero attached hydrogens (tertiary/aromatic N) is 3. The Bertz CT molecular complexity index is 1700. The van der Waals surface area contributed by atoms with E-state index in [9.17, 15) is 26.4 Å². The lowest BCUT2D eigenvalue weighted by molar-refractivity contribution is -0.137. The molecule has 0 saturated carbocycles. The number of amides is 1. The standard InChI is InChI=1S/C31H36F3N5O5S/c1-19(2)45(41,42)26-10-8-7-9-24(26)36-27-22(31(32,33)34)18-35-28(38-27)37-23-12-11-21(17-25(23)43-6)20-13-15-39(16-14-20)29(40)44-30(3,4)5/h7-13,17-19H,14-16H2,1-6H3,(H2,35,36,37,38). The quantitative estimate of drug-likeness (QED) is 0.261. The third kappa shape index (κ3) is 8.04. The Morgan fingerprint density at radius 2 is 1.76 bits per heavy atom. The molecule has 3 aromatic rings. The second-order valence-corrected chi connectivity index (χ2v) is 14.1. The van der Waals surface area contributed by atoms with E-state index in [2.05, 4.69) is 20.6 Å². The number of para-hydroxylation sites is 1. The fourth-order valence-electron chi connectivity index (χ4n) is 4.48. The van der Waals surface area contributed by atoms with Gasteiger partial charge in [-0.3, -0.25) is 0 Å². The largest absolute Gasteiger partial charge is 0.495 e. The molecule has 14 heteroatoms. The van der Waals surface area contributed by atoms with Crippen LogP contribution in [0.1, 0.15) is 52.2 Å². The van der Waals surface area contributed by atoms with Gasteiger partial charge in [-0.2, -0.15) is 18.2 Å². The van der Waals surface area contributed by atoms with Crippen molar-refractivity contribution in [1.82, 2.24) is 14.9 Å². The van der Waals surface area contributed by atoms with Crippen molar-refractivity contribution in [2.45, 2.75) is 63.0 Å². The van der Waals surface area contributed by atoms with Crippen LogP contribution in [0.2, 0.25) is 0 Å². The summed E-state index contributed by atoms with van der Waals surface area (Å²) in [5, 5.41) is 4.68. The first-order chi connectivity index (χ1) is 21.0. The number of ether oxygens (including phenoxy) is 2. The van der Waals surface area contributed by atoms with E-state index in [1.165, 1.54) is 45.2 Å². The number of hydrogen-bond donors (Lipinski definition) is 2. The third-order valence-corrected chi connectivity index (χ3v) is 9.05. The molecular formula is C31H36F3N5O5S. The first-order valence-corrected chi connectivity index (χ1v) is 15.7. The van der Waals surface area contributed by atoms with Gasteiger partial charge in [0.05, 0.1) is 28.6 Å². The van der Waals surface area contributed by atoms with Gasteiger partial charge in [0.15, 0.2) is 9.84 Å². The van der Waals surface area contributed by atoms with Gasteiger partial charge < -0.3 is 25.0 Å². The molecule has 1 aliphatic rings. The molecule has 45 heavy (non-hydrogen) atoms. The highest BCUT2D eigenvalue weighted by Crippen LogP contribution is 2.38. The number of methoxy groups -OCH3 is 1. The van der Waals surface area contributed by atoms with Crippen molar-refractivity contribution in [3.05, 3.63) is 65.9 Å². The zero-order chi connectivity index (χ0) is 33.2. The highest BCUT2D eigenvalue weighted by Gasteiger charge is 2.36. The lowest BCUT2D eigenvalue weighted by Crippen LogP contribution is -2.39. The van der Waals surface area contributed by atoms with Crippen LogP contribution in [0.4, 0.5) is 41.1 Å². The van der Waals surface area contributed by atoms with Crippen LogP contribution >= 0.6 is 0 Å². The van der Waals surface area contributed by atoms with Crippen LogP contribution in [0.15, 0.2) is 59.6 Å². The van der Waals surface area contributed by atoms with Crippen molar-refractivity contribution in [2.24, 2.45) is 0 Å². The summed E-state index contributed by atoms with van der Waals surface area (Å²) in [5.74, 6) is -0.413. The lowest BCUT2D eigenvalue weighted by Gasteiger charge is -2.29. The Morgan fingerprint density at radius 1 is 1.04 bits per heavy atom. The number of alkyl halides is 3. The fourth-order valence-corrected chi connectivity index (χ4v) is 5.68. The van der Waals surface area contributed by atoms with E-state index in [1.807, 2.05) is 32.9 Å². The minimum atomic E-state index is -4.82. The van der Waals surface area contributed by atoms with Gasteiger partial charge in [0.25, 0.3) is 0 Å². The minimum absolute atomic E-state index is 0.0470. The average Bonchev–Trinajstić information content (AvgIpc) is 2.96. The van der Waals surface area contributed by atoms with Crippen LogP contribution in [-0.4, -0.2) is 60.4 Å². The molecule has 1 amide bonds. The zero-order valence-corrected chi connectivity index (χ0v) is 26.6. The van der Waals surface area contributed by atoms with Crippen LogP contribution in [-0.2, 0) is 20.8 Å². The Kier molecular flexibility index (Phi) is 9.66. The Morgan fingerprint density at radius 3 is 2.36 bits per heavy atom. The highest BCUT2D eigenvalue weighted by molar-refractivity contribution is 7.92. The van der Waals surface area contributed by atoms with Gasteiger partial charge in [0.2, 0.25) is 5.95 Å². The summed E-state index contributed by atoms with van der Waals surface area (Å²) < 4.78 is 78.6. The molecule has 0 bridgehead atoms. The molecule has 0 unspecified atom stereocenters. The van der Waals surface area contributed by atoms with Gasteiger partial charge in [0.1, 0.15) is 22.7 Å². The van der Waals surface area contributed by atoms with Crippen molar-refractivity contribution in [3.8, 4) is 5.75 Å². The van der Waals surface area contributed by atoms with Gasteiger partial charge >= 0.3 is 12.3 Å². The maximum atomic E-state index is 13.9. The lowest BCUT2D eigenvalue weighted by atomic mass is 9.99. The maximum absolute atomic E-state index is 13.9. The van der Waals surface area contributed by atoms with Crippen molar-refractivity contribution in [1.29, 1.82) is 0 Å². The van der Waals surface area contributed by atoms with Crippen LogP contribution in [0, 0.1) is 0 Å². The smallest absolute Gasteiger partial charge is 0.421 e. The molecule has 4 rings (SSSR count). The molecule has 2 aromatic carbocycles. The van der Waals surface area contributed by atoms with Crippen LogP contribution in [0.25, 0.3) is 5.57 Å². The summed E-state index contributed by atoms with van der Waals surface area (Å²) in [7, 11) is -2.37. The van der Waals surface area contributed by atoms with E-state index in [4.69, 9.17) is 9.47 Å². The first-order valence-electron chi connectivity index (χ1n) is 14.2. The number of aromatic nitrogens is 2. The number of rotatable bonds is 8. The molecule has 0 atom stereocenters. The third-order valence-electron chi connectivity index (χ3n) is 6.84. The number of hydrogen-bond acceptors (Lipinski definition) is 9. The first kappa shape index (κ1) is 33.6. The van der Waals surface area contributed by atoms with E-state index in [-0.39, 0.29) is 22.6 Å². The van der Waals surface area contributed by atoms with Gasteiger partial charge in [-0.25, -0.2) is 18.2 Å². The molecule has 2 N–H and O–H groups in total. The van der Waals surface area contributed by atoms with Crippen molar-refractivity contribution in [2.75, 3.05) is 30.8 Å². The molecule has 0 saturated heterocycles. The summed E-state index contributed by atoms with van der Waals surface area (Å²) in [6, 6.07) is 11.0. The molecular weight excluding hydrogens is 611 g/mol. The second-order valence-electron chi connectivity index (χ2n) is 11.6. The Labute approximate surface area is 260 Å². The summed E-state index contributed by atoms with van der Waals surface area (Å²) in [5.41, 5.74) is 0.420. The van der Waals surface area contributed by atoms with Crippen molar-refractivity contribution in [3.63, 3.8) is 0 Å². The Balaban J connectivity index is 1.60. The van der Waals surface area contributed by atoms with E-state index >= 15 is 0 Å². The van der Waals surface area contributed by atoms with Gasteiger partial charge in [-0.05, 0) is 76.4 Å². The molecule has 10 nitrogen and oxygen atoms in total. The average molecular weight is 648 g/mol. The van der Waals surface area contributed by atoms with E-state index < -0.39 is 38.2 Å². The number of anilines is 4. The van der Waals surface area contributed by atoms with Crippen LogP contribution in [0.3, 0.4) is 0 Å². The summed E-state index contributed by atoms with van der Waals surface area (Å²) >= 11 is 0. The second kappa shape index (κ2) is 13.0. The van der Waals surface area contributed by atoms with E-state index in [0.29, 0.717) is 37.1 Å². The molecule has 0 spiro atoms. The predicted octanol–water partition coefficient (Wildman–Crippen LogP) is 7.20. The normalized spacial score (nSPS) is 14.2. The number of carbonyl (C=O) groups is 1. The zero-order valence-electron chi connectivity index (χ0n) is 25.8. The van der Waals surface area contributed by atoms with Gasteiger partial charge in [-0.15, -0.1) is 0 Å². The fraction of sp³-hybridized carbons (Fsp3) is 0.387. The van der Waals surface area contributed by atoms with Crippen LogP contribution < -0.4 is 15.4 Å². The van der Waals surface area contributed by atoms with E-state index in [0.717, 1.165) is 11.1 Å². The number of halogens is 3. The molecule has 0 fully saturated rings. The number of carbonyl (C=O) groups excluding carboxylic acids is 1. The van der Waals surface area contributed by atoms with Gasteiger partial charge in [0, 0.05) is 19.3 Å². The number of nitrogens with one attached hydrogen (secondary N) is 2. The van der Waals surface area contributed by atoms with Gasteiger partial charge in [-0.1, -0.05) is 24.3 Å². The molecule has 1 aliphatic heterocycles. The molecule has 1 aromatic heterocycles. The predicted molar refractivity (Wildman–Crippen MR) is 166 cm³/mol. The maximum Gasteiger partial charge on any atom is 0.421 e. The Hall–Kier alpha value is -4.33. The van der Waals surface area contributed by atoms with Crippen LogP contribution in [0.5, 0.6) is 5.75 Å². The molecule has 0 radical (unpaired) electrons. The van der Waals surface area contributed by atoms with Crippen molar-refractivity contribution < 1.29 is 35.9 Å². The number of sulfone groups is 1. The highest BCUT2D eigenvalue weighted by atomic mass is 32.2. The molecule has 242 valence electrons. The number of benzene rings is 2. The SMILES string of the molecule is COc1cc(C2=CCN(C(=O)OC(C)(C)C)CC2)ccc1Nc1ncc(C(F)(F)F)c(Nc2ccccc2S(=O)(=O)C(C)C)n1. The molecule has 0 aliphatic carbocycles.